The van der Waals surface area contributed by atoms with E-state index in [1.165, 1.54) is 6.42 Å². The molecule has 1 heterocycles. The van der Waals surface area contributed by atoms with Crippen LogP contribution in [0.25, 0.3) is 0 Å². The molecule has 1 aliphatic heterocycles. The maximum absolute atomic E-state index is 12.4. The molecule has 7 nitrogen and oxygen atoms in total. The number of guanidine groups is 1. The number of nitrogens with one attached hydrogen (secondary N) is 2. The summed E-state index contributed by atoms with van der Waals surface area (Å²) in [5, 5.41) is 6.44. The lowest BCUT2D eigenvalue weighted by molar-refractivity contribution is -0.134. The molecule has 1 aromatic carbocycles. The van der Waals surface area contributed by atoms with Crippen molar-refractivity contribution < 1.29 is 9.59 Å². The van der Waals surface area contributed by atoms with Crippen LogP contribution in [0.4, 0.5) is 0 Å². The topological polar surface area (TPSA) is 77.0 Å². The van der Waals surface area contributed by atoms with Gasteiger partial charge in [-0.15, -0.1) is 24.0 Å². The van der Waals surface area contributed by atoms with Crippen LogP contribution in [0.2, 0.25) is 0 Å². The fourth-order valence-electron chi connectivity index (χ4n) is 3.33. The van der Waals surface area contributed by atoms with Crippen LogP contribution in [-0.2, 0) is 11.3 Å². The van der Waals surface area contributed by atoms with Crippen molar-refractivity contribution in [2.45, 2.75) is 45.2 Å². The van der Waals surface area contributed by atoms with Gasteiger partial charge in [-0.25, -0.2) is 0 Å². The van der Waals surface area contributed by atoms with E-state index in [0.29, 0.717) is 37.1 Å². The van der Waals surface area contributed by atoms with E-state index in [0.717, 1.165) is 24.9 Å². The first-order valence-corrected chi connectivity index (χ1v) is 9.97. The van der Waals surface area contributed by atoms with Crippen molar-refractivity contribution in [3.8, 4) is 0 Å². The summed E-state index contributed by atoms with van der Waals surface area (Å²) in [7, 11) is 5.19. The number of carbonyl (C=O) groups excluding carboxylic acids is 2. The number of rotatable bonds is 6. The normalized spacial score (nSPS) is 16.6. The Balaban J connectivity index is 0.00000420. The third-order valence-electron chi connectivity index (χ3n) is 5.05. The Morgan fingerprint density at radius 1 is 1.17 bits per heavy atom. The van der Waals surface area contributed by atoms with Crippen molar-refractivity contribution in [3.63, 3.8) is 0 Å². The van der Waals surface area contributed by atoms with Gasteiger partial charge in [0.1, 0.15) is 0 Å². The number of carbonyl (C=O) groups is 2. The standard InChI is InChI=1S/C21H33N5O2.HI/c1-16-7-5-6-14-26(16)19(27)12-13-23-21(22-2)24-15-17-8-10-18(11-9-17)20(28)25(3)4;/h8-11,16H,5-7,12-15H2,1-4H3,(H2,22,23,24);1H. The van der Waals surface area contributed by atoms with Crippen molar-refractivity contribution in [2.75, 3.05) is 34.2 Å². The summed E-state index contributed by atoms with van der Waals surface area (Å²) >= 11 is 0. The summed E-state index contributed by atoms with van der Waals surface area (Å²) in [6.07, 6.45) is 3.88. The maximum atomic E-state index is 12.4. The minimum atomic E-state index is -0.00956. The largest absolute Gasteiger partial charge is 0.356 e. The lowest BCUT2D eigenvalue weighted by Crippen LogP contribution is -2.44. The molecule has 8 heteroatoms. The van der Waals surface area contributed by atoms with Gasteiger partial charge in [0.25, 0.3) is 5.91 Å². The number of hydrogen-bond donors (Lipinski definition) is 2. The predicted octanol–water partition coefficient (Wildman–Crippen LogP) is 2.46. The molecule has 2 amide bonds. The predicted molar refractivity (Wildman–Crippen MR) is 128 cm³/mol. The zero-order chi connectivity index (χ0) is 20.5. The van der Waals surface area contributed by atoms with Gasteiger partial charge in [0.15, 0.2) is 5.96 Å². The van der Waals surface area contributed by atoms with Gasteiger partial charge in [0, 0.05) is 58.8 Å². The number of benzene rings is 1. The number of aliphatic imine (C=N–C) groups is 1. The van der Waals surface area contributed by atoms with Crippen LogP contribution in [-0.4, -0.2) is 67.8 Å². The van der Waals surface area contributed by atoms with Crippen molar-refractivity contribution in [2.24, 2.45) is 4.99 Å². The van der Waals surface area contributed by atoms with Gasteiger partial charge in [0.05, 0.1) is 0 Å². The molecular formula is C21H34IN5O2. The summed E-state index contributed by atoms with van der Waals surface area (Å²) in [6, 6.07) is 7.86. The fraction of sp³-hybridized carbons (Fsp3) is 0.571. The Bertz CT molecular complexity index is 691. The van der Waals surface area contributed by atoms with E-state index in [2.05, 4.69) is 22.5 Å². The van der Waals surface area contributed by atoms with Crippen molar-refractivity contribution in [1.82, 2.24) is 20.4 Å². The van der Waals surface area contributed by atoms with Crippen LogP contribution in [0.5, 0.6) is 0 Å². The quantitative estimate of drug-likeness (QED) is 0.347. The first-order chi connectivity index (χ1) is 13.4. The van der Waals surface area contributed by atoms with Crippen LogP contribution in [0, 0.1) is 0 Å². The second kappa shape index (κ2) is 12.7. The van der Waals surface area contributed by atoms with E-state index in [-0.39, 0.29) is 35.8 Å². The molecule has 0 radical (unpaired) electrons. The zero-order valence-corrected chi connectivity index (χ0v) is 20.2. The number of amides is 2. The molecule has 0 saturated carbocycles. The number of nitrogens with zero attached hydrogens (tertiary/aromatic N) is 3. The average molecular weight is 515 g/mol. The Morgan fingerprint density at radius 3 is 2.45 bits per heavy atom. The molecule has 0 aliphatic carbocycles. The monoisotopic (exact) mass is 515 g/mol. The second-order valence-corrected chi connectivity index (χ2v) is 7.43. The van der Waals surface area contributed by atoms with Crippen LogP contribution in [0.15, 0.2) is 29.3 Å². The van der Waals surface area contributed by atoms with E-state index in [4.69, 9.17) is 0 Å². The van der Waals surface area contributed by atoms with Gasteiger partial charge in [-0.05, 0) is 43.9 Å². The molecule has 1 aromatic rings. The third kappa shape index (κ3) is 7.83. The van der Waals surface area contributed by atoms with Gasteiger partial charge in [-0.2, -0.15) is 0 Å². The van der Waals surface area contributed by atoms with Crippen molar-refractivity contribution in [1.29, 1.82) is 0 Å². The molecule has 1 saturated heterocycles. The molecule has 0 aromatic heterocycles. The summed E-state index contributed by atoms with van der Waals surface area (Å²) in [4.78, 5) is 32.1. The lowest BCUT2D eigenvalue weighted by atomic mass is 10.0. The van der Waals surface area contributed by atoms with Crippen LogP contribution < -0.4 is 10.6 Å². The molecule has 1 atom stereocenters. The summed E-state index contributed by atoms with van der Waals surface area (Å²) in [5.41, 5.74) is 1.72. The van der Waals surface area contributed by atoms with Crippen LogP contribution >= 0.6 is 24.0 Å². The number of hydrogen-bond acceptors (Lipinski definition) is 3. The highest BCUT2D eigenvalue weighted by Crippen LogP contribution is 2.16. The zero-order valence-electron chi connectivity index (χ0n) is 17.9. The van der Waals surface area contributed by atoms with Gasteiger partial charge >= 0.3 is 0 Å². The SMILES string of the molecule is CN=C(NCCC(=O)N1CCCCC1C)NCc1ccc(C(=O)N(C)C)cc1.I. The highest BCUT2D eigenvalue weighted by Gasteiger charge is 2.22. The van der Waals surface area contributed by atoms with Gasteiger partial charge < -0.3 is 20.4 Å². The fourth-order valence-corrected chi connectivity index (χ4v) is 3.33. The van der Waals surface area contributed by atoms with E-state index in [1.807, 2.05) is 29.2 Å². The van der Waals surface area contributed by atoms with E-state index in [9.17, 15) is 9.59 Å². The molecule has 1 fully saturated rings. The summed E-state index contributed by atoms with van der Waals surface area (Å²) in [5.74, 6) is 0.855. The summed E-state index contributed by atoms with van der Waals surface area (Å²) < 4.78 is 0. The number of piperidine rings is 1. The molecule has 2 N–H and O–H groups in total. The number of halogens is 1. The minimum Gasteiger partial charge on any atom is -0.356 e. The Labute approximate surface area is 191 Å². The average Bonchev–Trinajstić information content (AvgIpc) is 2.70. The van der Waals surface area contributed by atoms with E-state index >= 15 is 0 Å². The van der Waals surface area contributed by atoms with Crippen LogP contribution in [0.1, 0.15) is 48.5 Å². The first kappa shape index (κ1) is 25.2. The van der Waals surface area contributed by atoms with Gasteiger partial charge in [0.2, 0.25) is 5.91 Å². The van der Waals surface area contributed by atoms with Crippen LogP contribution in [0.3, 0.4) is 0 Å². The Hall–Kier alpha value is -1.84. The van der Waals surface area contributed by atoms with Crippen molar-refractivity contribution in [3.05, 3.63) is 35.4 Å². The molecule has 162 valence electrons. The molecule has 1 aliphatic rings. The molecule has 0 bridgehead atoms. The molecular weight excluding hydrogens is 481 g/mol. The Kier molecular flexibility index (Phi) is 11.0. The van der Waals surface area contributed by atoms with Crippen molar-refractivity contribution >= 4 is 41.8 Å². The Morgan fingerprint density at radius 2 is 1.86 bits per heavy atom. The lowest BCUT2D eigenvalue weighted by Gasteiger charge is -2.33. The number of likely N-dealkylation sites (tertiary alicyclic amines) is 1. The first-order valence-electron chi connectivity index (χ1n) is 9.97. The molecule has 1 unspecified atom stereocenters. The maximum Gasteiger partial charge on any atom is 0.253 e. The van der Waals surface area contributed by atoms with Gasteiger partial charge in [-0.1, -0.05) is 12.1 Å². The van der Waals surface area contributed by atoms with Gasteiger partial charge in [-0.3, -0.25) is 14.6 Å². The second-order valence-electron chi connectivity index (χ2n) is 7.43. The highest BCUT2D eigenvalue weighted by molar-refractivity contribution is 14.0. The molecule has 2 rings (SSSR count). The molecule has 29 heavy (non-hydrogen) atoms. The van der Waals surface area contributed by atoms with E-state index in [1.54, 1.807) is 26.0 Å². The van der Waals surface area contributed by atoms with E-state index < -0.39 is 0 Å². The minimum absolute atomic E-state index is 0. The highest BCUT2D eigenvalue weighted by atomic mass is 127. The molecule has 0 spiro atoms. The third-order valence-corrected chi connectivity index (χ3v) is 5.05. The summed E-state index contributed by atoms with van der Waals surface area (Å²) in [6.45, 7) is 4.15. The smallest absolute Gasteiger partial charge is 0.253 e.